The number of carbonyl (C=O) groups excluding carboxylic acids is 1. The summed E-state index contributed by atoms with van der Waals surface area (Å²) in [6, 6.07) is 3.99. The molecule has 0 saturated heterocycles. The first-order valence-corrected chi connectivity index (χ1v) is 11.5. The van der Waals surface area contributed by atoms with Crippen LogP contribution >= 0.6 is 11.3 Å². The van der Waals surface area contributed by atoms with Gasteiger partial charge in [0, 0.05) is 26.1 Å². The van der Waals surface area contributed by atoms with Crippen LogP contribution in [0.1, 0.15) is 73.1 Å². The molecule has 0 aliphatic heterocycles. The first-order chi connectivity index (χ1) is 13.5. The van der Waals surface area contributed by atoms with E-state index < -0.39 is 0 Å². The number of thiazole rings is 1. The lowest BCUT2D eigenvalue weighted by Crippen LogP contribution is -2.25. The van der Waals surface area contributed by atoms with Crippen molar-refractivity contribution in [2.24, 2.45) is 0 Å². The van der Waals surface area contributed by atoms with E-state index in [1.807, 2.05) is 12.1 Å². The van der Waals surface area contributed by atoms with Crippen LogP contribution in [0.2, 0.25) is 0 Å². The van der Waals surface area contributed by atoms with E-state index in [2.05, 4.69) is 37.9 Å². The van der Waals surface area contributed by atoms with Crippen molar-refractivity contribution < 1.29 is 9.53 Å². The summed E-state index contributed by atoms with van der Waals surface area (Å²) in [5.74, 6) is 0.618. The molecule has 0 aliphatic carbocycles. The number of anilines is 2. The molecular formula is C22H35N3O2S. The number of hydrogen-bond acceptors (Lipinski definition) is 5. The molecule has 1 amide bonds. The zero-order valence-electron chi connectivity index (χ0n) is 18.0. The zero-order chi connectivity index (χ0) is 20.5. The molecule has 2 aromatic rings. The van der Waals surface area contributed by atoms with Crippen LogP contribution < -0.4 is 15.0 Å². The molecule has 1 N–H and O–H groups in total. The Hall–Kier alpha value is -1.82. The van der Waals surface area contributed by atoms with E-state index in [4.69, 9.17) is 9.72 Å². The van der Waals surface area contributed by atoms with Gasteiger partial charge in [0.05, 0.1) is 22.0 Å². The third-order valence-corrected chi connectivity index (χ3v) is 5.91. The minimum Gasteiger partial charge on any atom is -0.488 e. The summed E-state index contributed by atoms with van der Waals surface area (Å²) in [5.41, 5.74) is 1.67. The highest BCUT2D eigenvalue weighted by Gasteiger charge is 2.17. The predicted octanol–water partition coefficient (Wildman–Crippen LogP) is 6.23. The van der Waals surface area contributed by atoms with E-state index in [1.54, 1.807) is 11.3 Å². The molecule has 1 aromatic heterocycles. The normalized spacial score (nSPS) is 11.2. The molecule has 1 heterocycles. The molecular weight excluding hydrogens is 370 g/mol. The van der Waals surface area contributed by atoms with Crippen LogP contribution in [0, 0.1) is 0 Å². The summed E-state index contributed by atoms with van der Waals surface area (Å²) in [7, 11) is 0. The van der Waals surface area contributed by atoms with Crippen molar-refractivity contribution in [3.8, 4) is 5.75 Å². The standard InChI is InChI=1S/C22H35N3O2S/c1-6-10-12-25(13-11-7-2)22-24-19-14-20(27-17(8-3)9-4)18(23-16(5)26)15-21(19)28-22/h14-15,17H,6-13H2,1-5H3,(H,23,26). The van der Waals surface area contributed by atoms with Gasteiger partial charge in [-0.2, -0.15) is 0 Å². The van der Waals surface area contributed by atoms with Gasteiger partial charge in [-0.1, -0.05) is 51.9 Å². The Bertz CT molecular complexity index is 748. The third kappa shape index (κ3) is 6.09. The molecule has 0 unspecified atom stereocenters. The van der Waals surface area contributed by atoms with Gasteiger partial charge in [-0.25, -0.2) is 4.98 Å². The highest BCUT2D eigenvalue weighted by molar-refractivity contribution is 7.22. The van der Waals surface area contributed by atoms with Crippen molar-refractivity contribution in [3.05, 3.63) is 12.1 Å². The molecule has 6 heteroatoms. The summed E-state index contributed by atoms with van der Waals surface area (Å²) in [6.07, 6.45) is 6.67. The van der Waals surface area contributed by atoms with Crippen molar-refractivity contribution in [1.29, 1.82) is 0 Å². The molecule has 0 saturated carbocycles. The largest absolute Gasteiger partial charge is 0.488 e. The molecule has 2 rings (SSSR count). The number of aromatic nitrogens is 1. The molecule has 28 heavy (non-hydrogen) atoms. The Balaban J connectivity index is 2.40. The molecule has 0 bridgehead atoms. The van der Waals surface area contributed by atoms with Gasteiger partial charge < -0.3 is 15.0 Å². The number of ether oxygens (including phenoxy) is 1. The van der Waals surface area contributed by atoms with Crippen LogP contribution in [-0.4, -0.2) is 30.1 Å². The van der Waals surface area contributed by atoms with Crippen molar-refractivity contribution in [2.75, 3.05) is 23.3 Å². The van der Waals surface area contributed by atoms with Gasteiger partial charge in [0.1, 0.15) is 5.75 Å². The van der Waals surface area contributed by atoms with Crippen molar-refractivity contribution in [1.82, 2.24) is 4.98 Å². The summed E-state index contributed by atoms with van der Waals surface area (Å²) in [4.78, 5) is 19.0. The minimum absolute atomic E-state index is 0.0917. The number of unbranched alkanes of at least 4 members (excludes halogenated alkanes) is 2. The molecule has 156 valence electrons. The SMILES string of the molecule is CCCCN(CCCC)c1nc2cc(OC(CC)CC)c(NC(C)=O)cc2s1. The van der Waals surface area contributed by atoms with Gasteiger partial charge in [-0.15, -0.1) is 0 Å². The van der Waals surface area contributed by atoms with Crippen molar-refractivity contribution in [3.63, 3.8) is 0 Å². The average Bonchev–Trinajstić information content (AvgIpc) is 3.08. The van der Waals surface area contributed by atoms with E-state index in [1.165, 1.54) is 32.6 Å². The van der Waals surface area contributed by atoms with E-state index >= 15 is 0 Å². The van der Waals surface area contributed by atoms with Gasteiger partial charge in [-0.3, -0.25) is 4.79 Å². The second-order valence-electron chi connectivity index (χ2n) is 7.24. The number of nitrogens with zero attached hydrogens (tertiary/aromatic N) is 2. The van der Waals surface area contributed by atoms with Gasteiger partial charge >= 0.3 is 0 Å². The van der Waals surface area contributed by atoms with Crippen LogP contribution in [-0.2, 0) is 4.79 Å². The summed E-state index contributed by atoms with van der Waals surface area (Å²) in [5, 5.41) is 3.99. The van der Waals surface area contributed by atoms with Gasteiger partial charge in [0.2, 0.25) is 5.91 Å². The maximum Gasteiger partial charge on any atom is 0.221 e. The Morgan fingerprint density at radius 2 is 1.79 bits per heavy atom. The lowest BCUT2D eigenvalue weighted by atomic mass is 10.2. The topological polar surface area (TPSA) is 54.5 Å². The average molecular weight is 406 g/mol. The number of rotatable bonds is 12. The molecule has 0 radical (unpaired) electrons. The fourth-order valence-corrected chi connectivity index (χ4v) is 4.14. The van der Waals surface area contributed by atoms with Crippen LogP contribution in [0.25, 0.3) is 10.2 Å². The van der Waals surface area contributed by atoms with Gasteiger partial charge in [0.15, 0.2) is 5.13 Å². The molecule has 5 nitrogen and oxygen atoms in total. The summed E-state index contributed by atoms with van der Waals surface area (Å²) in [6.45, 7) is 12.3. The number of carbonyl (C=O) groups is 1. The lowest BCUT2D eigenvalue weighted by molar-refractivity contribution is -0.114. The van der Waals surface area contributed by atoms with E-state index in [0.717, 1.165) is 47.0 Å². The van der Waals surface area contributed by atoms with Gasteiger partial charge in [0.25, 0.3) is 0 Å². The highest BCUT2D eigenvalue weighted by Crippen LogP contribution is 2.37. The smallest absolute Gasteiger partial charge is 0.221 e. The number of amides is 1. The Kier molecular flexibility index (Phi) is 9.03. The fourth-order valence-electron chi connectivity index (χ4n) is 3.10. The number of hydrogen-bond donors (Lipinski definition) is 1. The van der Waals surface area contributed by atoms with E-state index in [0.29, 0.717) is 5.75 Å². The zero-order valence-corrected chi connectivity index (χ0v) is 18.8. The first-order valence-electron chi connectivity index (χ1n) is 10.7. The minimum atomic E-state index is -0.0917. The fraction of sp³-hybridized carbons (Fsp3) is 0.636. The summed E-state index contributed by atoms with van der Waals surface area (Å²) >= 11 is 1.69. The monoisotopic (exact) mass is 405 g/mol. The quantitative estimate of drug-likeness (QED) is 0.455. The maximum absolute atomic E-state index is 11.7. The molecule has 0 aliphatic rings. The molecule has 1 aromatic carbocycles. The lowest BCUT2D eigenvalue weighted by Gasteiger charge is -2.21. The van der Waals surface area contributed by atoms with E-state index in [9.17, 15) is 4.79 Å². The molecule has 0 spiro atoms. The van der Waals surface area contributed by atoms with Crippen LogP contribution in [0.4, 0.5) is 10.8 Å². The highest BCUT2D eigenvalue weighted by atomic mass is 32.1. The van der Waals surface area contributed by atoms with Crippen LogP contribution in [0.15, 0.2) is 12.1 Å². The molecule has 0 fully saturated rings. The Morgan fingerprint density at radius 1 is 1.14 bits per heavy atom. The number of benzene rings is 1. The second kappa shape index (κ2) is 11.2. The number of nitrogens with one attached hydrogen (secondary N) is 1. The van der Waals surface area contributed by atoms with Crippen LogP contribution in [0.3, 0.4) is 0 Å². The van der Waals surface area contributed by atoms with Crippen LogP contribution in [0.5, 0.6) is 5.75 Å². The first kappa shape index (κ1) is 22.5. The maximum atomic E-state index is 11.7. The van der Waals surface area contributed by atoms with Crippen molar-refractivity contribution in [2.45, 2.75) is 79.2 Å². The molecule has 0 atom stereocenters. The Labute approximate surface area is 173 Å². The summed E-state index contributed by atoms with van der Waals surface area (Å²) < 4.78 is 7.27. The van der Waals surface area contributed by atoms with E-state index in [-0.39, 0.29) is 12.0 Å². The predicted molar refractivity (Wildman–Crippen MR) is 121 cm³/mol. The second-order valence-corrected chi connectivity index (χ2v) is 8.25. The number of fused-ring (bicyclic) bond motifs is 1. The third-order valence-electron chi connectivity index (χ3n) is 4.83. The Morgan fingerprint density at radius 3 is 2.32 bits per heavy atom. The van der Waals surface area contributed by atoms with Crippen molar-refractivity contribution >= 4 is 38.3 Å². The van der Waals surface area contributed by atoms with Gasteiger partial charge in [-0.05, 0) is 31.7 Å².